The van der Waals surface area contributed by atoms with Gasteiger partial charge in [-0.1, -0.05) is 20.8 Å². The van der Waals surface area contributed by atoms with Crippen molar-refractivity contribution in [3.63, 3.8) is 0 Å². The van der Waals surface area contributed by atoms with E-state index in [2.05, 4.69) is 35.5 Å². The third-order valence-electron chi connectivity index (χ3n) is 4.49. The number of aromatic amines is 1. The summed E-state index contributed by atoms with van der Waals surface area (Å²) in [5, 5.41) is 11.3. The molecule has 0 unspecified atom stereocenters. The fourth-order valence-corrected chi connectivity index (χ4v) is 3.02. The molecule has 3 aromatic heterocycles. The number of fused-ring (bicyclic) bond motifs is 1. The maximum atomic E-state index is 13.8. The van der Waals surface area contributed by atoms with E-state index in [1.807, 2.05) is 20.8 Å². The standard InChI is InChI=1S/C17H23F2N9O/c1-16(2,3)9-29-15-22-12-13(23-15)20-10(7-11-24-25-26-27(11)4)21-14(12)28-6-5-17(18,19)8-28/h5-9H2,1-4H3,(H,20,21,22,23). The minimum absolute atomic E-state index is 0.0617. The molecule has 10 nitrogen and oxygen atoms in total. The van der Waals surface area contributed by atoms with Crippen molar-refractivity contribution in [1.29, 1.82) is 0 Å². The molecule has 0 radical (unpaired) electrons. The van der Waals surface area contributed by atoms with Crippen LogP contribution in [-0.2, 0) is 13.5 Å². The van der Waals surface area contributed by atoms with Crippen LogP contribution >= 0.6 is 0 Å². The number of anilines is 1. The smallest absolute Gasteiger partial charge is 0.296 e. The van der Waals surface area contributed by atoms with Crippen molar-refractivity contribution in [2.75, 3.05) is 24.6 Å². The largest absolute Gasteiger partial charge is 0.464 e. The van der Waals surface area contributed by atoms with Crippen molar-refractivity contribution in [2.45, 2.75) is 39.5 Å². The molecule has 1 saturated heterocycles. The maximum Gasteiger partial charge on any atom is 0.296 e. The SMILES string of the molecule is Cn1nnnc1Cc1nc(N2CCC(F)(F)C2)c2[nH]c(OCC(C)(C)C)nc2n1. The molecule has 0 spiro atoms. The summed E-state index contributed by atoms with van der Waals surface area (Å²) in [6.45, 7) is 6.36. The van der Waals surface area contributed by atoms with Crippen molar-refractivity contribution in [2.24, 2.45) is 12.5 Å². The van der Waals surface area contributed by atoms with Crippen LogP contribution in [0, 0.1) is 5.41 Å². The zero-order chi connectivity index (χ0) is 20.8. The summed E-state index contributed by atoms with van der Waals surface area (Å²) in [5.41, 5.74) is 0.777. The average molecular weight is 407 g/mol. The number of nitrogens with one attached hydrogen (secondary N) is 1. The topological polar surface area (TPSA) is 111 Å². The molecule has 0 amide bonds. The van der Waals surface area contributed by atoms with Crippen LogP contribution in [0.5, 0.6) is 6.01 Å². The number of hydrogen-bond acceptors (Lipinski definition) is 8. The number of nitrogens with zero attached hydrogens (tertiary/aromatic N) is 8. The van der Waals surface area contributed by atoms with Crippen molar-refractivity contribution in [1.82, 2.24) is 40.1 Å². The lowest BCUT2D eigenvalue weighted by Gasteiger charge is -2.18. The highest BCUT2D eigenvalue weighted by molar-refractivity contribution is 5.84. The quantitative estimate of drug-likeness (QED) is 0.681. The summed E-state index contributed by atoms with van der Waals surface area (Å²) in [4.78, 5) is 18.0. The molecule has 29 heavy (non-hydrogen) atoms. The molecule has 4 heterocycles. The van der Waals surface area contributed by atoms with Crippen molar-refractivity contribution in [3.8, 4) is 6.01 Å². The summed E-state index contributed by atoms with van der Waals surface area (Å²) in [6, 6.07) is 0.286. The van der Waals surface area contributed by atoms with Gasteiger partial charge >= 0.3 is 0 Å². The first-order chi connectivity index (χ1) is 13.6. The molecular formula is C17H23F2N9O. The molecule has 156 valence electrons. The van der Waals surface area contributed by atoms with Crippen LogP contribution in [0.4, 0.5) is 14.6 Å². The Kier molecular flexibility index (Phi) is 4.58. The third-order valence-corrected chi connectivity index (χ3v) is 4.49. The van der Waals surface area contributed by atoms with Gasteiger partial charge < -0.3 is 14.6 Å². The lowest BCUT2D eigenvalue weighted by atomic mass is 9.99. The number of rotatable bonds is 5. The van der Waals surface area contributed by atoms with Gasteiger partial charge in [0.2, 0.25) is 0 Å². The first kappa shape index (κ1) is 19.4. The molecule has 0 aliphatic carbocycles. The second kappa shape index (κ2) is 6.85. The number of tetrazole rings is 1. The minimum Gasteiger partial charge on any atom is -0.464 e. The highest BCUT2D eigenvalue weighted by atomic mass is 19.3. The van der Waals surface area contributed by atoms with E-state index in [0.29, 0.717) is 35.2 Å². The van der Waals surface area contributed by atoms with Crippen LogP contribution in [0.25, 0.3) is 11.2 Å². The highest BCUT2D eigenvalue weighted by Gasteiger charge is 2.39. The van der Waals surface area contributed by atoms with Crippen molar-refractivity contribution in [3.05, 3.63) is 11.6 Å². The van der Waals surface area contributed by atoms with Crippen LogP contribution in [0.2, 0.25) is 0 Å². The Labute approximate surface area is 165 Å². The number of halogens is 2. The van der Waals surface area contributed by atoms with Gasteiger partial charge in [-0.3, -0.25) is 0 Å². The van der Waals surface area contributed by atoms with Gasteiger partial charge in [-0.25, -0.2) is 23.4 Å². The van der Waals surface area contributed by atoms with Gasteiger partial charge in [0.05, 0.1) is 19.6 Å². The van der Waals surface area contributed by atoms with E-state index in [9.17, 15) is 8.78 Å². The number of H-pyrrole nitrogens is 1. The molecule has 1 fully saturated rings. The number of hydrogen-bond donors (Lipinski definition) is 1. The van der Waals surface area contributed by atoms with Crippen LogP contribution in [-0.4, -0.2) is 65.8 Å². The van der Waals surface area contributed by atoms with Gasteiger partial charge in [0.1, 0.15) is 11.3 Å². The predicted molar refractivity (Wildman–Crippen MR) is 100 cm³/mol. The number of aryl methyl sites for hydroxylation is 1. The van der Waals surface area contributed by atoms with Gasteiger partial charge in [0.15, 0.2) is 17.3 Å². The minimum atomic E-state index is -2.75. The Hall–Kier alpha value is -2.92. The van der Waals surface area contributed by atoms with E-state index in [-0.39, 0.29) is 30.8 Å². The number of imidazole rings is 1. The molecule has 1 aliphatic rings. The van der Waals surface area contributed by atoms with Gasteiger partial charge in [0.25, 0.3) is 11.9 Å². The fraction of sp³-hybridized carbons (Fsp3) is 0.647. The Balaban J connectivity index is 1.72. The number of ether oxygens (including phenoxy) is 1. The van der Waals surface area contributed by atoms with E-state index in [1.54, 1.807) is 11.9 Å². The number of alkyl halides is 2. The van der Waals surface area contributed by atoms with E-state index < -0.39 is 12.5 Å². The van der Waals surface area contributed by atoms with Crippen LogP contribution in [0.3, 0.4) is 0 Å². The van der Waals surface area contributed by atoms with Gasteiger partial charge in [-0.2, -0.15) is 4.98 Å². The molecule has 3 aromatic rings. The highest BCUT2D eigenvalue weighted by Crippen LogP contribution is 2.33. The normalized spacial score (nSPS) is 16.7. The second-order valence-corrected chi connectivity index (χ2v) is 8.48. The van der Waals surface area contributed by atoms with Crippen LogP contribution in [0.15, 0.2) is 0 Å². The van der Waals surface area contributed by atoms with E-state index in [4.69, 9.17) is 4.74 Å². The van der Waals surface area contributed by atoms with E-state index >= 15 is 0 Å². The zero-order valence-corrected chi connectivity index (χ0v) is 16.8. The molecule has 12 heteroatoms. The summed E-state index contributed by atoms with van der Waals surface area (Å²) in [6.07, 6.45) is 0.0320. The molecule has 0 atom stereocenters. The molecule has 0 aromatic carbocycles. The monoisotopic (exact) mass is 407 g/mol. The van der Waals surface area contributed by atoms with Gasteiger partial charge in [0, 0.05) is 20.0 Å². The first-order valence-corrected chi connectivity index (χ1v) is 9.33. The average Bonchev–Trinajstić information content (AvgIpc) is 3.31. The molecular weight excluding hydrogens is 384 g/mol. The lowest BCUT2D eigenvalue weighted by molar-refractivity contribution is 0.0257. The van der Waals surface area contributed by atoms with Crippen molar-refractivity contribution >= 4 is 17.0 Å². The van der Waals surface area contributed by atoms with Crippen LogP contribution < -0.4 is 9.64 Å². The summed E-state index contributed by atoms with van der Waals surface area (Å²) in [7, 11) is 1.71. The zero-order valence-electron chi connectivity index (χ0n) is 16.8. The summed E-state index contributed by atoms with van der Waals surface area (Å²) in [5.74, 6) is -1.41. The summed E-state index contributed by atoms with van der Waals surface area (Å²) >= 11 is 0. The Morgan fingerprint density at radius 1 is 1.21 bits per heavy atom. The summed E-state index contributed by atoms with van der Waals surface area (Å²) < 4.78 is 34.9. The van der Waals surface area contributed by atoms with E-state index in [1.165, 1.54) is 4.68 Å². The lowest BCUT2D eigenvalue weighted by Crippen LogP contribution is -2.26. The fourth-order valence-electron chi connectivity index (χ4n) is 3.02. The third kappa shape index (κ3) is 4.25. The second-order valence-electron chi connectivity index (χ2n) is 8.48. The Bertz CT molecular complexity index is 1020. The Morgan fingerprint density at radius 2 is 2.00 bits per heavy atom. The molecule has 1 aliphatic heterocycles. The first-order valence-electron chi connectivity index (χ1n) is 9.33. The molecule has 4 rings (SSSR count). The van der Waals surface area contributed by atoms with Gasteiger partial charge in [-0.05, 0) is 15.8 Å². The number of aromatic nitrogens is 8. The van der Waals surface area contributed by atoms with E-state index in [0.717, 1.165) is 0 Å². The Morgan fingerprint density at radius 3 is 2.62 bits per heavy atom. The molecule has 0 saturated carbocycles. The molecule has 1 N–H and O–H groups in total. The van der Waals surface area contributed by atoms with Crippen molar-refractivity contribution < 1.29 is 13.5 Å². The van der Waals surface area contributed by atoms with Crippen LogP contribution in [0.1, 0.15) is 38.8 Å². The predicted octanol–water partition coefficient (Wildman–Crippen LogP) is 1.74. The maximum absolute atomic E-state index is 13.8. The molecule has 0 bridgehead atoms. The van der Waals surface area contributed by atoms with Gasteiger partial charge in [-0.15, -0.1) is 5.10 Å².